The number of fused-ring (bicyclic) bond motifs is 1. The lowest BCUT2D eigenvalue weighted by atomic mass is 10.1. The van der Waals surface area contributed by atoms with E-state index in [1.165, 1.54) is 12.8 Å². The van der Waals surface area contributed by atoms with E-state index in [4.69, 9.17) is 4.74 Å². The second-order valence-electron chi connectivity index (χ2n) is 7.55. The predicted molar refractivity (Wildman–Crippen MR) is 120 cm³/mol. The molecule has 0 spiro atoms. The van der Waals surface area contributed by atoms with Gasteiger partial charge in [-0.2, -0.15) is 10.4 Å². The minimum atomic E-state index is 0.559. The Kier molecular flexibility index (Phi) is 6.05. The molecule has 3 aromatic rings. The van der Waals surface area contributed by atoms with Crippen LogP contribution in [0.5, 0.6) is 5.75 Å². The minimum Gasteiger partial charge on any atom is -0.494 e. The fourth-order valence-electron chi connectivity index (χ4n) is 4.06. The number of hydrogen-bond acceptors (Lipinski definition) is 6. The van der Waals surface area contributed by atoms with Crippen molar-refractivity contribution >= 4 is 22.7 Å². The Balaban J connectivity index is 1.63. The molecular formula is C23H28N6O. The van der Waals surface area contributed by atoms with Crippen molar-refractivity contribution in [2.45, 2.75) is 39.2 Å². The van der Waals surface area contributed by atoms with Gasteiger partial charge in [-0.1, -0.05) is 0 Å². The molecule has 30 heavy (non-hydrogen) atoms. The van der Waals surface area contributed by atoms with E-state index in [1.54, 1.807) is 10.7 Å². The van der Waals surface area contributed by atoms with Gasteiger partial charge in [-0.25, -0.2) is 4.52 Å². The largest absolute Gasteiger partial charge is 0.494 e. The number of pyridine rings is 1. The first-order valence-electron chi connectivity index (χ1n) is 10.6. The molecule has 1 unspecified atom stereocenters. The zero-order chi connectivity index (χ0) is 20.9. The van der Waals surface area contributed by atoms with Gasteiger partial charge in [-0.3, -0.25) is 0 Å². The van der Waals surface area contributed by atoms with Gasteiger partial charge in [-0.05, 0) is 70.0 Å². The van der Waals surface area contributed by atoms with Crippen molar-refractivity contribution in [2.75, 3.05) is 30.3 Å². The normalized spacial score (nSPS) is 15.8. The SMILES string of the molecule is CCOc1ccc(Nc2c(C)c(NCCC3CCCN3)c(C#N)c3ccnn23)cc1. The van der Waals surface area contributed by atoms with Crippen LogP contribution in [-0.2, 0) is 0 Å². The van der Waals surface area contributed by atoms with Crippen LogP contribution >= 0.6 is 0 Å². The lowest BCUT2D eigenvalue weighted by molar-refractivity contribution is 0.340. The van der Waals surface area contributed by atoms with E-state index < -0.39 is 0 Å². The second kappa shape index (κ2) is 9.06. The third kappa shape index (κ3) is 4.05. The van der Waals surface area contributed by atoms with Gasteiger partial charge in [-0.15, -0.1) is 0 Å². The fraction of sp³-hybridized carbons (Fsp3) is 0.391. The Morgan fingerprint density at radius 3 is 2.83 bits per heavy atom. The second-order valence-corrected chi connectivity index (χ2v) is 7.55. The molecule has 0 amide bonds. The molecule has 1 atom stereocenters. The zero-order valence-corrected chi connectivity index (χ0v) is 17.5. The smallest absolute Gasteiger partial charge is 0.137 e. The van der Waals surface area contributed by atoms with Crippen LogP contribution in [0.15, 0.2) is 36.5 Å². The summed E-state index contributed by atoms with van der Waals surface area (Å²) in [6.07, 6.45) is 5.23. The minimum absolute atomic E-state index is 0.559. The Morgan fingerprint density at radius 2 is 2.13 bits per heavy atom. The van der Waals surface area contributed by atoms with Crippen molar-refractivity contribution < 1.29 is 4.74 Å². The number of nitrogens with one attached hydrogen (secondary N) is 3. The monoisotopic (exact) mass is 404 g/mol. The predicted octanol–water partition coefficient (Wildman–Crippen LogP) is 4.21. The number of benzene rings is 1. The molecule has 0 radical (unpaired) electrons. The average molecular weight is 405 g/mol. The Morgan fingerprint density at radius 1 is 1.30 bits per heavy atom. The summed E-state index contributed by atoms with van der Waals surface area (Å²) in [5.41, 5.74) is 4.19. The maximum atomic E-state index is 9.85. The number of nitrogens with zero attached hydrogens (tertiary/aromatic N) is 3. The van der Waals surface area contributed by atoms with Gasteiger partial charge < -0.3 is 20.7 Å². The molecule has 7 heteroatoms. The number of ether oxygens (including phenoxy) is 1. The number of hydrogen-bond donors (Lipinski definition) is 3. The Hall–Kier alpha value is -3.24. The van der Waals surface area contributed by atoms with Crippen LogP contribution in [-0.4, -0.2) is 35.4 Å². The highest BCUT2D eigenvalue weighted by Gasteiger charge is 2.19. The molecule has 1 aliphatic heterocycles. The van der Waals surface area contributed by atoms with E-state index in [-0.39, 0.29) is 0 Å². The third-order valence-corrected chi connectivity index (χ3v) is 5.59. The lowest BCUT2D eigenvalue weighted by Crippen LogP contribution is -2.24. The van der Waals surface area contributed by atoms with E-state index in [0.29, 0.717) is 18.2 Å². The van der Waals surface area contributed by atoms with Gasteiger partial charge in [0.1, 0.15) is 23.2 Å². The number of rotatable bonds is 8. The Bertz CT molecular complexity index is 1040. The quantitative estimate of drug-likeness (QED) is 0.521. The van der Waals surface area contributed by atoms with Crippen LogP contribution in [0.4, 0.5) is 17.2 Å². The highest BCUT2D eigenvalue weighted by Crippen LogP contribution is 2.33. The Labute approximate surface area is 177 Å². The molecule has 1 aromatic carbocycles. The fourth-order valence-corrected chi connectivity index (χ4v) is 4.06. The van der Waals surface area contributed by atoms with Crippen LogP contribution in [0.1, 0.15) is 37.3 Å². The molecule has 3 N–H and O–H groups in total. The first kappa shape index (κ1) is 20.0. The van der Waals surface area contributed by atoms with Crippen LogP contribution in [0.25, 0.3) is 5.52 Å². The van der Waals surface area contributed by atoms with Gasteiger partial charge in [0.2, 0.25) is 0 Å². The van der Waals surface area contributed by atoms with E-state index >= 15 is 0 Å². The molecule has 1 fully saturated rings. The first-order chi connectivity index (χ1) is 14.7. The molecule has 7 nitrogen and oxygen atoms in total. The lowest BCUT2D eigenvalue weighted by Gasteiger charge is -2.19. The topological polar surface area (TPSA) is 86.4 Å². The maximum Gasteiger partial charge on any atom is 0.137 e. The van der Waals surface area contributed by atoms with Crippen LogP contribution in [0.3, 0.4) is 0 Å². The average Bonchev–Trinajstić information content (AvgIpc) is 3.44. The molecule has 0 bridgehead atoms. The molecular weight excluding hydrogens is 376 g/mol. The molecule has 1 saturated heterocycles. The van der Waals surface area contributed by atoms with E-state index in [9.17, 15) is 5.26 Å². The maximum absolute atomic E-state index is 9.85. The molecule has 4 rings (SSSR count). The summed E-state index contributed by atoms with van der Waals surface area (Å²) >= 11 is 0. The summed E-state index contributed by atoms with van der Waals surface area (Å²) in [4.78, 5) is 0. The standard InChI is InChI=1S/C23H28N6O/c1-3-30-19-8-6-18(7-9-19)28-23-16(2)22(26-13-10-17-5-4-12-25-17)20(15-24)21-11-14-27-29(21)23/h6-9,11,14,17,25-26,28H,3-5,10,12-13H2,1-2H3. The van der Waals surface area contributed by atoms with Crippen molar-refractivity contribution in [2.24, 2.45) is 0 Å². The molecule has 156 valence electrons. The van der Waals surface area contributed by atoms with E-state index in [1.807, 2.05) is 44.2 Å². The van der Waals surface area contributed by atoms with Crippen molar-refractivity contribution in [3.63, 3.8) is 0 Å². The highest BCUT2D eigenvalue weighted by molar-refractivity contribution is 5.82. The van der Waals surface area contributed by atoms with E-state index in [2.05, 4.69) is 27.1 Å². The van der Waals surface area contributed by atoms with Crippen molar-refractivity contribution in [1.82, 2.24) is 14.9 Å². The van der Waals surface area contributed by atoms with E-state index in [0.717, 1.165) is 53.5 Å². The van der Waals surface area contributed by atoms with Crippen LogP contribution < -0.4 is 20.7 Å². The summed E-state index contributed by atoms with van der Waals surface area (Å²) in [5.74, 6) is 1.69. The summed E-state index contributed by atoms with van der Waals surface area (Å²) in [6, 6.07) is 12.7. The first-order valence-corrected chi connectivity index (χ1v) is 10.6. The number of anilines is 3. The summed E-state index contributed by atoms with van der Waals surface area (Å²) in [6.45, 7) is 6.55. The molecule has 2 aromatic heterocycles. The summed E-state index contributed by atoms with van der Waals surface area (Å²) in [7, 11) is 0. The summed E-state index contributed by atoms with van der Waals surface area (Å²) in [5, 5.41) is 24.8. The van der Waals surface area contributed by atoms with Crippen molar-refractivity contribution in [1.29, 1.82) is 5.26 Å². The molecule has 1 aliphatic rings. The van der Waals surface area contributed by atoms with Crippen LogP contribution in [0, 0.1) is 18.3 Å². The van der Waals surface area contributed by atoms with Crippen molar-refractivity contribution in [3.8, 4) is 11.8 Å². The molecule has 0 saturated carbocycles. The summed E-state index contributed by atoms with van der Waals surface area (Å²) < 4.78 is 7.33. The number of aromatic nitrogens is 2. The van der Waals surface area contributed by atoms with Gasteiger partial charge in [0, 0.05) is 23.8 Å². The van der Waals surface area contributed by atoms with Crippen LogP contribution in [0.2, 0.25) is 0 Å². The number of nitriles is 1. The van der Waals surface area contributed by atoms with Gasteiger partial charge in [0.15, 0.2) is 0 Å². The molecule has 0 aliphatic carbocycles. The van der Waals surface area contributed by atoms with Gasteiger partial charge in [0.05, 0.1) is 24.0 Å². The highest BCUT2D eigenvalue weighted by atomic mass is 16.5. The van der Waals surface area contributed by atoms with Gasteiger partial charge in [0.25, 0.3) is 0 Å². The van der Waals surface area contributed by atoms with Gasteiger partial charge >= 0.3 is 0 Å². The molecule has 3 heterocycles. The zero-order valence-electron chi connectivity index (χ0n) is 17.5. The van der Waals surface area contributed by atoms with Crippen molar-refractivity contribution in [3.05, 3.63) is 47.7 Å². The third-order valence-electron chi connectivity index (χ3n) is 5.59.